The number of nitrogens with one attached hydrogen (secondary N) is 1. The standard InChI is InChI=1S/C12H13N/c1-8-2-5-11-10(6-8)7-12(13-11)9-3-4-9/h2,5-7,9,13H,3-4H2,1H3. The van der Waals surface area contributed by atoms with Crippen LogP contribution in [0.2, 0.25) is 0 Å². The lowest BCUT2D eigenvalue weighted by Crippen LogP contribution is -1.75. The Morgan fingerprint density at radius 3 is 2.85 bits per heavy atom. The van der Waals surface area contributed by atoms with Gasteiger partial charge in [-0.3, -0.25) is 0 Å². The summed E-state index contributed by atoms with van der Waals surface area (Å²) < 4.78 is 0. The normalized spacial score (nSPS) is 16.7. The highest BCUT2D eigenvalue weighted by atomic mass is 14.7. The maximum Gasteiger partial charge on any atom is 0.0456 e. The highest BCUT2D eigenvalue weighted by molar-refractivity contribution is 5.81. The summed E-state index contributed by atoms with van der Waals surface area (Å²) in [5.41, 5.74) is 4.06. The predicted octanol–water partition coefficient (Wildman–Crippen LogP) is 3.35. The highest BCUT2D eigenvalue weighted by Gasteiger charge is 2.24. The molecular weight excluding hydrogens is 158 g/mol. The van der Waals surface area contributed by atoms with E-state index in [4.69, 9.17) is 0 Å². The van der Waals surface area contributed by atoms with Crippen molar-refractivity contribution in [1.29, 1.82) is 0 Å². The lowest BCUT2D eigenvalue weighted by Gasteiger charge is -1.90. The summed E-state index contributed by atoms with van der Waals surface area (Å²) in [4.78, 5) is 3.48. The number of rotatable bonds is 1. The first-order valence-corrected chi connectivity index (χ1v) is 4.92. The van der Waals surface area contributed by atoms with Crippen LogP contribution in [0.25, 0.3) is 10.9 Å². The number of aromatic amines is 1. The Morgan fingerprint density at radius 2 is 2.08 bits per heavy atom. The average molecular weight is 171 g/mol. The number of hydrogen-bond donors (Lipinski definition) is 1. The quantitative estimate of drug-likeness (QED) is 0.677. The molecule has 0 amide bonds. The van der Waals surface area contributed by atoms with Crippen molar-refractivity contribution in [2.24, 2.45) is 0 Å². The van der Waals surface area contributed by atoms with E-state index in [1.54, 1.807) is 0 Å². The Hall–Kier alpha value is -1.24. The van der Waals surface area contributed by atoms with Gasteiger partial charge in [0.25, 0.3) is 0 Å². The molecule has 1 nitrogen and oxygen atoms in total. The lowest BCUT2D eigenvalue weighted by molar-refractivity contribution is 1.06. The summed E-state index contributed by atoms with van der Waals surface area (Å²) in [7, 11) is 0. The summed E-state index contributed by atoms with van der Waals surface area (Å²) in [5, 5.41) is 1.36. The minimum absolute atomic E-state index is 0.827. The van der Waals surface area contributed by atoms with Gasteiger partial charge in [-0.15, -0.1) is 0 Å². The molecule has 66 valence electrons. The molecule has 2 aromatic rings. The maximum atomic E-state index is 3.48. The Bertz CT molecular complexity index is 449. The fourth-order valence-corrected chi connectivity index (χ4v) is 1.89. The molecule has 1 aromatic heterocycles. The van der Waals surface area contributed by atoms with Gasteiger partial charge < -0.3 is 4.98 Å². The van der Waals surface area contributed by atoms with E-state index in [0.29, 0.717) is 0 Å². The smallest absolute Gasteiger partial charge is 0.0456 e. The zero-order valence-electron chi connectivity index (χ0n) is 7.80. The summed E-state index contributed by atoms with van der Waals surface area (Å²) in [6.45, 7) is 2.14. The van der Waals surface area contributed by atoms with E-state index in [0.717, 1.165) is 5.92 Å². The van der Waals surface area contributed by atoms with Crippen molar-refractivity contribution in [3.05, 3.63) is 35.5 Å². The van der Waals surface area contributed by atoms with E-state index in [2.05, 4.69) is 36.2 Å². The van der Waals surface area contributed by atoms with E-state index in [9.17, 15) is 0 Å². The van der Waals surface area contributed by atoms with Crippen LogP contribution in [0.3, 0.4) is 0 Å². The van der Waals surface area contributed by atoms with Gasteiger partial charge in [0.1, 0.15) is 0 Å². The van der Waals surface area contributed by atoms with Crippen LogP contribution in [0, 0.1) is 6.92 Å². The fourth-order valence-electron chi connectivity index (χ4n) is 1.89. The molecule has 1 fully saturated rings. The maximum absolute atomic E-state index is 3.48. The molecule has 0 bridgehead atoms. The van der Waals surface area contributed by atoms with Gasteiger partial charge in [-0.05, 0) is 49.3 Å². The van der Waals surface area contributed by atoms with E-state index in [1.165, 1.54) is 35.0 Å². The van der Waals surface area contributed by atoms with Crippen molar-refractivity contribution in [1.82, 2.24) is 4.98 Å². The first-order chi connectivity index (χ1) is 6.33. The second-order valence-corrected chi connectivity index (χ2v) is 4.09. The van der Waals surface area contributed by atoms with Gasteiger partial charge in [0, 0.05) is 11.2 Å². The summed E-state index contributed by atoms with van der Waals surface area (Å²) >= 11 is 0. The van der Waals surface area contributed by atoms with E-state index in [-0.39, 0.29) is 0 Å². The molecule has 1 aromatic carbocycles. The van der Waals surface area contributed by atoms with E-state index in [1.807, 2.05) is 0 Å². The minimum Gasteiger partial charge on any atom is -0.358 e. The summed E-state index contributed by atoms with van der Waals surface area (Å²) in [5.74, 6) is 0.827. The second-order valence-electron chi connectivity index (χ2n) is 4.09. The van der Waals surface area contributed by atoms with Gasteiger partial charge in [-0.25, -0.2) is 0 Å². The van der Waals surface area contributed by atoms with Crippen LogP contribution in [0.5, 0.6) is 0 Å². The van der Waals surface area contributed by atoms with Crippen molar-refractivity contribution in [3.63, 3.8) is 0 Å². The molecular formula is C12H13N. The molecule has 0 unspecified atom stereocenters. The van der Waals surface area contributed by atoms with Crippen LogP contribution in [0.1, 0.15) is 30.0 Å². The Balaban J connectivity index is 2.20. The minimum atomic E-state index is 0.827. The molecule has 1 saturated carbocycles. The molecule has 0 spiro atoms. The van der Waals surface area contributed by atoms with Gasteiger partial charge in [0.2, 0.25) is 0 Å². The lowest BCUT2D eigenvalue weighted by atomic mass is 10.2. The molecule has 1 aliphatic rings. The van der Waals surface area contributed by atoms with Crippen LogP contribution in [-0.4, -0.2) is 4.98 Å². The third-order valence-corrected chi connectivity index (χ3v) is 2.81. The van der Waals surface area contributed by atoms with Crippen LogP contribution in [0.4, 0.5) is 0 Å². The van der Waals surface area contributed by atoms with Crippen molar-refractivity contribution < 1.29 is 0 Å². The van der Waals surface area contributed by atoms with Crippen molar-refractivity contribution in [3.8, 4) is 0 Å². The Labute approximate surface area is 77.8 Å². The largest absolute Gasteiger partial charge is 0.358 e. The number of aromatic nitrogens is 1. The molecule has 0 saturated heterocycles. The van der Waals surface area contributed by atoms with E-state index >= 15 is 0 Å². The topological polar surface area (TPSA) is 15.8 Å². The number of hydrogen-bond acceptors (Lipinski definition) is 0. The summed E-state index contributed by atoms with van der Waals surface area (Å²) in [6, 6.07) is 8.89. The Morgan fingerprint density at radius 1 is 1.23 bits per heavy atom. The number of benzene rings is 1. The van der Waals surface area contributed by atoms with Gasteiger partial charge in [-0.2, -0.15) is 0 Å². The van der Waals surface area contributed by atoms with Crippen molar-refractivity contribution >= 4 is 10.9 Å². The van der Waals surface area contributed by atoms with Gasteiger partial charge >= 0.3 is 0 Å². The molecule has 0 atom stereocenters. The van der Waals surface area contributed by atoms with Gasteiger partial charge in [-0.1, -0.05) is 11.6 Å². The number of fused-ring (bicyclic) bond motifs is 1. The van der Waals surface area contributed by atoms with E-state index < -0.39 is 0 Å². The SMILES string of the molecule is Cc1ccc2[nH]c(C3CC3)cc2c1. The van der Waals surface area contributed by atoms with Crippen LogP contribution in [0.15, 0.2) is 24.3 Å². The molecule has 1 heterocycles. The zero-order valence-corrected chi connectivity index (χ0v) is 7.80. The fraction of sp³-hybridized carbons (Fsp3) is 0.333. The third kappa shape index (κ3) is 1.15. The van der Waals surface area contributed by atoms with Crippen LogP contribution in [-0.2, 0) is 0 Å². The molecule has 3 rings (SSSR count). The van der Waals surface area contributed by atoms with Crippen molar-refractivity contribution in [2.75, 3.05) is 0 Å². The molecule has 1 heteroatoms. The molecule has 1 aliphatic carbocycles. The monoisotopic (exact) mass is 171 g/mol. The second kappa shape index (κ2) is 2.38. The van der Waals surface area contributed by atoms with Crippen LogP contribution >= 0.6 is 0 Å². The Kier molecular flexibility index (Phi) is 1.32. The third-order valence-electron chi connectivity index (χ3n) is 2.81. The molecule has 1 N–H and O–H groups in total. The first-order valence-electron chi connectivity index (χ1n) is 4.92. The average Bonchev–Trinajstić information content (AvgIpc) is 2.87. The predicted molar refractivity (Wildman–Crippen MR) is 55.0 cm³/mol. The number of H-pyrrole nitrogens is 1. The highest BCUT2D eigenvalue weighted by Crippen LogP contribution is 2.40. The van der Waals surface area contributed by atoms with Gasteiger partial charge in [0.05, 0.1) is 0 Å². The first kappa shape index (κ1) is 7.19. The zero-order chi connectivity index (χ0) is 8.84. The van der Waals surface area contributed by atoms with Crippen LogP contribution < -0.4 is 0 Å². The van der Waals surface area contributed by atoms with Gasteiger partial charge in [0.15, 0.2) is 0 Å². The molecule has 0 aliphatic heterocycles. The summed E-state index contributed by atoms with van der Waals surface area (Å²) in [6.07, 6.45) is 2.73. The molecule has 13 heavy (non-hydrogen) atoms. The molecule has 0 radical (unpaired) electrons. The number of aryl methyl sites for hydroxylation is 1. The van der Waals surface area contributed by atoms with Crippen molar-refractivity contribution in [2.45, 2.75) is 25.7 Å².